The van der Waals surface area contributed by atoms with Crippen LogP contribution in [-0.4, -0.2) is 29.5 Å². The van der Waals surface area contributed by atoms with Gasteiger partial charge in [0.05, 0.1) is 0 Å². The summed E-state index contributed by atoms with van der Waals surface area (Å²) in [7, 11) is 0. The predicted molar refractivity (Wildman–Crippen MR) is 45.3 cm³/mol. The van der Waals surface area contributed by atoms with Gasteiger partial charge in [-0.3, -0.25) is 9.10 Å². The van der Waals surface area contributed by atoms with Crippen molar-refractivity contribution < 1.29 is 9.53 Å². The third-order valence-corrected chi connectivity index (χ3v) is 2.15. The maximum Gasteiger partial charge on any atom is 0.302 e. The van der Waals surface area contributed by atoms with Gasteiger partial charge in [0.15, 0.2) is 0 Å². The number of carbonyl (C=O) groups is 1. The molecule has 1 fully saturated rings. The number of ether oxygens (including phenoxy) is 1. The maximum atomic E-state index is 10.5. The largest absolute Gasteiger partial charge is 0.462 e. The van der Waals surface area contributed by atoms with E-state index in [2.05, 4.69) is 12.8 Å². The van der Waals surface area contributed by atoms with Crippen molar-refractivity contribution in [3.8, 4) is 0 Å². The van der Waals surface area contributed by atoms with Crippen LogP contribution in [-0.2, 0) is 9.53 Å². The molecule has 0 saturated carbocycles. The summed E-state index contributed by atoms with van der Waals surface area (Å²) in [6.45, 7) is 3.26. The van der Waals surface area contributed by atoms with Gasteiger partial charge in [0.2, 0.25) is 0 Å². The van der Waals surface area contributed by atoms with Crippen molar-refractivity contribution in [2.24, 2.45) is 0 Å². The van der Waals surface area contributed by atoms with Crippen molar-refractivity contribution in [2.45, 2.75) is 25.9 Å². The highest BCUT2D eigenvalue weighted by molar-refractivity contribution is 7.77. The average Bonchev–Trinajstić information content (AvgIpc) is 1.93. The Hall–Kier alpha value is -0.220. The zero-order valence-corrected chi connectivity index (χ0v) is 7.51. The van der Waals surface area contributed by atoms with E-state index in [1.165, 1.54) is 6.92 Å². The van der Waals surface area contributed by atoms with Crippen LogP contribution in [0.25, 0.3) is 0 Å². The number of hydrogen-bond donors (Lipinski definition) is 1. The normalized spacial score (nSPS) is 21.6. The highest BCUT2D eigenvalue weighted by Crippen LogP contribution is 2.14. The number of carbonyl (C=O) groups excluding carboxylic acids is 1. The van der Waals surface area contributed by atoms with E-state index in [-0.39, 0.29) is 12.1 Å². The van der Waals surface area contributed by atoms with Crippen molar-refractivity contribution in [1.29, 1.82) is 0 Å². The number of thiol groups is 1. The smallest absolute Gasteiger partial charge is 0.302 e. The fourth-order valence-corrected chi connectivity index (χ4v) is 1.43. The molecular formula is C7H13NO2S. The van der Waals surface area contributed by atoms with E-state index in [9.17, 15) is 4.79 Å². The molecule has 0 aromatic rings. The van der Waals surface area contributed by atoms with E-state index in [0.29, 0.717) is 0 Å². The zero-order valence-electron chi connectivity index (χ0n) is 6.62. The topological polar surface area (TPSA) is 29.5 Å². The summed E-state index contributed by atoms with van der Waals surface area (Å²) < 4.78 is 6.98. The van der Waals surface area contributed by atoms with Gasteiger partial charge in [0.1, 0.15) is 6.10 Å². The van der Waals surface area contributed by atoms with E-state index >= 15 is 0 Å². The molecule has 11 heavy (non-hydrogen) atoms. The molecular weight excluding hydrogens is 162 g/mol. The lowest BCUT2D eigenvalue weighted by Crippen LogP contribution is -2.32. The molecule has 1 heterocycles. The highest BCUT2D eigenvalue weighted by Gasteiger charge is 2.18. The lowest BCUT2D eigenvalue weighted by Gasteiger charge is -2.27. The van der Waals surface area contributed by atoms with Gasteiger partial charge in [-0.05, 0) is 12.8 Å². The summed E-state index contributed by atoms with van der Waals surface area (Å²) in [4.78, 5) is 10.5. The quantitative estimate of drug-likeness (QED) is 0.473. The first-order valence-corrected chi connectivity index (χ1v) is 4.19. The molecule has 0 aromatic heterocycles. The zero-order chi connectivity index (χ0) is 8.27. The fraction of sp³-hybridized carbons (Fsp3) is 0.857. The molecule has 0 atom stereocenters. The molecule has 0 amide bonds. The second-order valence-corrected chi connectivity index (χ2v) is 3.33. The summed E-state index contributed by atoms with van der Waals surface area (Å²) in [5, 5.41) is 0. The number of piperidine rings is 1. The Balaban J connectivity index is 2.22. The summed E-state index contributed by atoms with van der Waals surface area (Å²) in [6.07, 6.45) is 1.93. The van der Waals surface area contributed by atoms with E-state index in [0.717, 1.165) is 25.9 Å². The van der Waals surface area contributed by atoms with Crippen LogP contribution in [0.5, 0.6) is 0 Å². The first-order chi connectivity index (χ1) is 5.18. The number of hydrogen-bond acceptors (Lipinski definition) is 4. The van der Waals surface area contributed by atoms with Crippen molar-refractivity contribution in [3.05, 3.63) is 0 Å². The van der Waals surface area contributed by atoms with Crippen LogP contribution in [0, 0.1) is 0 Å². The molecule has 1 saturated heterocycles. The number of rotatable bonds is 1. The van der Waals surface area contributed by atoms with Gasteiger partial charge in [0, 0.05) is 20.0 Å². The van der Waals surface area contributed by atoms with Gasteiger partial charge < -0.3 is 4.74 Å². The highest BCUT2D eigenvalue weighted by atomic mass is 32.1. The SMILES string of the molecule is CC(=O)OC1CCN(S)CC1. The molecule has 0 unspecified atom stereocenters. The van der Waals surface area contributed by atoms with Gasteiger partial charge in [-0.1, -0.05) is 12.8 Å². The Morgan fingerprint density at radius 2 is 2.09 bits per heavy atom. The summed E-state index contributed by atoms with van der Waals surface area (Å²) in [6, 6.07) is 0. The van der Waals surface area contributed by atoms with Crippen molar-refractivity contribution >= 4 is 18.8 Å². The minimum absolute atomic E-state index is 0.121. The molecule has 0 aromatic carbocycles. The Labute approximate surface area is 72.2 Å². The summed E-state index contributed by atoms with van der Waals surface area (Å²) in [5.74, 6) is -0.178. The number of esters is 1. The van der Waals surface area contributed by atoms with E-state index in [4.69, 9.17) is 4.74 Å². The third kappa shape index (κ3) is 3.12. The molecule has 4 heteroatoms. The van der Waals surface area contributed by atoms with E-state index < -0.39 is 0 Å². The van der Waals surface area contributed by atoms with Gasteiger partial charge in [0.25, 0.3) is 0 Å². The molecule has 0 radical (unpaired) electrons. The summed E-state index contributed by atoms with van der Waals surface area (Å²) in [5.41, 5.74) is 0. The second-order valence-electron chi connectivity index (χ2n) is 2.76. The molecule has 0 N–H and O–H groups in total. The van der Waals surface area contributed by atoms with Crippen LogP contribution in [0.1, 0.15) is 19.8 Å². The van der Waals surface area contributed by atoms with E-state index in [1.807, 2.05) is 4.31 Å². The van der Waals surface area contributed by atoms with Crippen molar-refractivity contribution in [2.75, 3.05) is 13.1 Å². The Morgan fingerprint density at radius 3 is 2.55 bits per heavy atom. The van der Waals surface area contributed by atoms with Crippen LogP contribution < -0.4 is 0 Å². The van der Waals surface area contributed by atoms with Crippen LogP contribution in [0.15, 0.2) is 0 Å². The Bertz CT molecular complexity index is 143. The molecule has 1 aliphatic rings. The van der Waals surface area contributed by atoms with Crippen LogP contribution in [0.4, 0.5) is 0 Å². The molecule has 0 bridgehead atoms. The van der Waals surface area contributed by atoms with Gasteiger partial charge in [-0.2, -0.15) is 0 Å². The Kier molecular flexibility index (Phi) is 3.20. The Morgan fingerprint density at radius 1 is 1.55 bits per heavy atom. The maximum absolute atomic E-state index is 10.5. The first-order valence-electron chi connectivity index (χ1n) is 3.79. The molecule has 3 nitrogen and oxygen atoms in total. The third-order valence-electron chi connectivity index (χ3n) is 1.75. The molecule has 64 valence electrons. The first kappa shape index (κ1) is 8.87. The molecule has 1 aliphatic heterocycles. The summed E-state index contributed by atoms with van der Waals surface area (Å²) >= 11 is 4.19. The van der Waals surface area contributed by atoms with E-state index in [1.54, 1.807) is 0 Å². The van der Waals surface area contributed by atoms with Crippen molar-refractivity contribution in [1.82, 2.24) is 4.31 Å². The molecule has 0 spiro atoms. The minimum atomic E-state index is -0.178. The minimum Gasteiger partial charge on any atom is -0.462 e. The van der Waals surface area contributed by atoms with Crippen molar-refractivity contribution in [3.63, 3.8) is 0 Å². The van der Waals surface area contributed by atoms with Gasteiger partial charge in [-0.15, -0.1) is 0 Å². The average molecular weight is 175 g/mol. The van der Waals surface area contributed by atoms with Crippen LogP contribution >= 0.6 is 12.8 Å². The standard InChI is InChI=1S/C7H13NO2S/c1-6(9)10-7-2-4-8(11)5-3-7/h7,11H,2-5H2,1H3. The van der Waals surface area contributed by atoms with Crippen LogP contribution in [0.2, 0.25) is 0 Å². The van der Waals surface area contributed by atoms with Gasteiger partial charge >= 0.3 is 5.97 Å². The van der Waals surface area contributed by atoms with Crippen LogP contribution in [0.3, 0.4) is 0 Å². The molecule has 0 aliphatic carbocycles. The van der Waals surface area contributed by atoms with Gasteiger partial charge in [-0.25, -0.2) is 0 Å². The molecule has 1 rings (SSSR count). The lowest BCUT2D eigenvalue weighted by atomic mass is 10.1. The fourth-order valence-electron chi connectivity index (χ4n) is 1.19. The number of nitrogens with zero attached hydrogens (tertiary/aromatic N) is 1. The second kappa shape index (κ2) is 3.97. The predicted octanol–water partition coefficient (Wildman–Crippen LogP) is 0.859. The lowest BCUT2D eigenvalue weighted by molar-refractivity contribution is -0.147. The monoisotopic (exact) mass is 175 g/mol.